The molecule has 0 saturated heterocycles. The van der Waals surface area contributed by atoms with Crippen molar-refractivity contribution in [2.75, 3.05) is 16.5 Å². The Morgan fingerprint density at radius 2 is 1.01 bits per heavy atom. The Balaban J connectivity index is 1.08. The van der Waals surface area contributed by atoms with Crippen LogP contribution in [0.1, 0.15) is 111 Å². The van der Waals surface area contributed by atoms with Gasteiger partial charge in [-0.2, -0.15) is 0 Å². The van der Waals surface area contributed by atoms with E-state index in [9.17, 15) is 5.48 Å². The highest BCUT2D eigenvalue weighted by Gasteiger charge is 2.34. The zero-order valence-electron chi connectivity index (χ0n) is 53.2. The van der Waals surface area contributed by atoms with E-state index in [1.54, 1.807) is 0 Å². The number of hydrogen-bond acceptors (Lipinski definition) is 4. The van der Waals surface area contributed by atoms with Gasteiger partial charge in [0.05, 0.1) is 33.6 Å². The Kier molecular flexibility index (Phi) is 12.2. The number of benzene rings is 9. The minimum Gasteiger partial charge on any atom is -0.457 e. The fraction of sp³-hybridized carbons (Fsp3) is 0.224. The van der Waals surface area contributed by atoms with Gasteiger partial charge in [-0.3, -0.25) is 4.57 Å². The minimum atomic E-state index is -0.658. The highest BCUT2D eigenvalue weighted by atomic mass is 19.1. The van der Waals surface area contributed by atoms with Crippen molar-refractivity contribution in [1.29, 1.82) is 0 Å². The van der Waals surface area contributed by atoms with Crippen LogP contribution in [0.5, 0.6) is 11.5 Å². The molecular formula is C76H73FN4O. The zero-order chi connectivity index (χ0) is 60.9. The molecule has 0 fully saturated rings. The number of nitrogens with zero attached hydrogens (tertiary/aromatic N) is 4. The maximum absolute atomic E-state index is 15.1. The summed E-state index contributed by atoms with van der Waals surface area (Å²) in [4.78, 5) is 9.52. The molecule has 9 aromatic carbocycles. The lowest BCUT2D eigenvalue weighted by Gasteiger charge is -2.30. The third-order valence-corrected chi connectivity index (χ3v) is 16.0. The number of ether oxygens (including phenoxy) is 1. The molecule has 0 bridgehead atoms. The Morgan fingerprint density at radius 1 is 0.427 bits per heavy atom. The Morgan fingerprint density at radius 3 is 1.67 bits per heavy atom. The smallest absolute Gasteiger partial charge is 0.137 e. The fourth-order valence-corrected chi connectivity index (χ4v) is 11.2. The standard InChI is InChI=1S/C76H73FN4O/c1-73(2,3)55-30-26-50(27-31-55)52-40-60(46-62(41-52)82-61-34-35-64-63-22-16-17-23-67(63)81(70(64)47-61)71-45-56(36-37-78-71)74(4,5)6)79-48-80(69-25-19-18-24-68(69)79)72-65(51-28-32-59(77)33-29-51)42-53(49-20-14-13-15-21-49)43-66(72)54-38-57(75(7,8)9)44-58(39-54)76(10,11)12/h13-47H,48H2,1-12H3/i26D,27D,30D,31D. The molecular weight excluding hydrogens is 1000 g/mol. The molecule has 0 saturated carbocycles. The molecule has 11 aromatic rings. The van der Waals surface area contributed by atoms with Crippen molar-refractivity contribution in [3.63, 3.8) is 0 Å². The van der Waals surface area contributed by atoms with E-state index in [2.05, 4.69) is 186 Å². The maximum Gasteiger partial charge on any atom is 0.137 e. The number of anilines is 4. The van der Waals surface area contributed by atoms with Crippen molar-refractivity contribution in [1.82, 2.24) is 9.55 Å². The Labute approximate surface area is 490 Å². The van der Waals surface area contributed by atoms with Crippen LogP contribution in [0.25, 0.3) is 72.1 Å². The fourth-order valence-electron chi connectivity index (χ4n) is 11.2. The number of fused-ring (bicyclic) bond motifs is 4. The van der Waals surface area contributed by atoms with Gasteiger partial charge in [-0.25, -0.2) is 9.37 Å². The largest absolute Gasteiger partial charge is 0.457 e. The molecule has 12 rings (SSSR count). The number of pyridine rings is 1. The van der Waals surface area contributed by atoms with E-state index in [-0.39, 0.29) is 51.8 Å². The lowest BCUT2D eigenvalue weighted by Crippen LogP contribution is -2.25. The van der Waals surface area contributed by atoms with Gasteiger partial charge in [0, 0.05) is 45.9 Å². The van der Waals surface area contributed by atoms with E-state index in [1.165, 1.54) is 23.3 Å². The third kappa shape index (κ3) is 10.4. The van der Waals surface area contributed by atoms with Crippen LogP contribution in [0.3, 0.4) is 0 Å². The van der Waals surface area contributed by atoms with Gasteiger partial charge in [0.25, 0.3) is 0 Å². The lowest BCUT2D eigenvalue weighted by atomic mass is 9.78. The zero-order valence-corrected chi connectivity index (χ0v) is 49.2. The summed E-state index contributed by atoms with van der Waals surface area (Å²) in [5.74, 6) is 1.47. The summed E-state index contributed by atoms with van der Waals surface area (Å²) in [5.41, 5.74) is 14.8. The van der Waals surface area contributed by atoms with E-state index in [1.807, 2.05) is 87.6 Å². The quantitative estimate of drug-likeness (QED) is 0.144. The first kappa shape index (κ1) is 49.1. The van der Waals surface area contributed by atoms with Crippen LogP contribution >= 0.6 is 0 Å². The summed E-state index contributed by atoms with van der Waals surface area (Å²) < 4.78 is 62.5. The average molecular weight is 1080 g/mol. The molecule has 0 amide bonds. The second-order valence-corrected chi connectivity index (χ2v) is 26.1. The normalized spacial score (nSPS) is 13.8. The van der Waals surface area contributed by atoms with Crippen LogP contribution < -0.4 is 14.5 Å². The predicted molar refractivity (Wildman–Crippen MR) is 344 cm³/mol. The molecule has 5 nitrogen and oxygen atoms in total. The van der Waals surface area contributed by atoms with Crippen molar-refractivity contribution < 1.29 is 14.6 Å². The number of hydrogen-bond donors (Lipinski definition) is 0. The molecule has 3 heterocycles. The van der Waals surface area contributed by atoms with Crippen LogP contribution in [0.15, 0.2) is 212 Å². The number of rotatable bonds is 9. The topological polar surface area (TPSA) is 33.5 Å². The second kappa shape index (κ2) is 20.4. The minimum absolute atomic E-state index is 0.0774. The first-order valence-corrected chi connectivity index (χ1v) is 28.5. The van der Waals surface area contributed by atoms with E-state index < -0.39 is 5.41 Å². The summed E-state index contributed by atoms with van der Waals surface area (Å²) in [6, 6.07) is 61.2. The van der Waals surface area contributed by atoms with Crippen molar-refractivity contribution in [3.05, 3.63) is 240 Å². The molecule has 82 heavy (non-hydrogen) atoms. The molecule has 6 heteroatoms. The molecule has 0 N–H and O–H groups in total. The summed E-state index contributed by atoms with van der Waals surface area (Å²) in [6.45, 7) is 26.2. The summed E-state index contributed by atoms with van der Waals surface area (Å²) in [5, 5.41) is 2.12. The van der Waals surface area contributed by atoms with E-state index in [0.29, 0.717) is 35.0 Å². The third-order valence-electron chi connectivity index (χ3n) is 16.0. The monoisotopic (exact) mass is 1080 g/mol. The lowest BCUT2D eigenvalue weighted by molar-refractivity contribution is 0.483. The first-order chi connectivity index (χ1) is 40.7. The molecule has 1 aliphatic rings. The van der Waals surface area contributed by atoms with Crippen LogP contribution in [0.2, 0.25) is 0 Å². The molecule has 0 aliphatic carbocycles. The summed E-state index contributed by atoms with van der Waals surface area (Å²) >= 11 is 0. The molecule has 2 aromatic heterocycles. The van der Waals surface area contributed by atoms with Crippen LogP contribution in [-0.2, 0) is 21.7 Å². The summed E-state index contributed by atoms with van der Waals surface area (Å²) in [6.07, 6.45) is 1.87. The first-order valence-electron chi connectivity index (χ1n) is 30.5. The van der Waals surface area contributed by atoms with E-state index in [4.69, 9.17) is 9.72 Å². The highest BCUT2D eigenvalue weighted by Crippen LogP contribution is 2.53. The molecule has 0 unspecified atom stereocenters. The van der Waals surface area contributed by atoms with Gasteiger partial charge in [-0.05, 0) is 156 Å². The molecule has 1 aliphatic heterocycles. The van der Waals surface area contributed by atoms with Crippen molar-refractivity contribution in [2.45, 2.75) is 105 Å². The Bertz CT molecular complexity index is 4400. The van der Waals surface area contributed by atoms with Gasteiger partial charge >= 0.3 is 0 Å². The van der Waals surface area contributed by atoms with Gasteiger partial charge in [-0.1, -0.05) is 198 Å². The van der Waals surface area contributed by atoms with Crippen LogP contribution in [0.4, 0.5) is 27.1 Å². The van der Waals surface area contributed by atoms with E-state index >= 15 is 4.39 Å². The predicted octanol–water partition coefficient (Wildman–Crippen LogP) is 21.2. The molecule has 0 spiro atoms. The van der Waals surface area contributed by atoms with Gasteiger partial charge in [0.15, 0.2) is 0 Å². The average Bonchev–Trinajstić information content (AvgIpc) is 1.81. The SMILES string of the molecule is [2H]c1c([2H])c(C(C)(C)C)c([2H])c([2H])c1-c1cc(Oc2ccc3c4ccccc4n(-c4cc(C(C)(C)C)ccn4)c3c2)cc(N2CN(c3c(-c4ccc(F)cc4)cc(-c4ccccc4)cc3-c3cc(C(C)(C)C)cc(C(C)(C)C)c3)c3ccccc32)c1. The van der Waals surface area contributed by atoms with Crippen molar-refractivity contribution in [3.8, 4) is 61.8 Å². The maximum atomic E-state index is 15.1. The van der Waals surface area contributed by atoms with Crippen LogP contribution in [-0.4, -0.2) is 16.2 Å². The highest BCUT2D eigenvalue weighted by molar-refractivity contribution is 6.09. The van der Waals surface area contributed by atoms with Gasteiger partial charge in [0.1, 0.15) is 29.8 Å². The molecule has 0 atom stereocenters. The molecule has 410 valence electrons. The number of aromatic nitrogens is 2. The Hall–Kier alpha value is -8.74. The second-order valence-electron chi connectivity index (χ2n) is 26.1. The van der Waals surface area contributed by atoms with Crippen LogP contribution in [0, 0.1) is 5.82 Å². The number of halogens is 1. The van der Waals surface area contributed by atoms with Crippen molar-refractivity contribution >= 4 is 44.6 Å². The van der Waals surface area contributed by atoms with Gasteiger partial charge in [-0.15, -0.1) is 0 Å². The molecule has 0 radical (unpaired) electrons. The van der Waals surface area contributed by atoms with Crippen molar-refractivity contribution in [2.24, 2.45) is 0 Å². The number of para-hydroxylation sites is 3. The van der Waals surface area contributed by atoms with Gasteiger partial charge in [0.2, 0.25) is 0 Å². The van der Waals surface area contributed by atoms with E-state index in [0.717, 1.165) is 83.6 Å². The summed E-state index contributed by atoms with van der Waals surface area (Å²) in [7, 11) is 0. The van der Waals surface area contributed by atoms with Gasteiger partial charge < -0.3 is 14.5 Å².